The van der Waals surface area contributed by atoms with Crippen LogP contribution in [0.4, 0.5) is 22.7 Å². The lowest BCUT2D eigenvalue weighted by Crippen LogP contribution is -2.59. The van der Waals surface area contributed by atoms with Gasteiger partial charge in [0.1, 0.15) is 11.5 Å². The largest absolute Gasteiger partial charge is 0.458 e. The zero-order valence-corrected chi connectivity index (χ0v) is 25.0. The molecule has 0 bridgehead atoms. The lowest BCUT2D eigenvalue weighted by Gasteiger charge is -2.40. The van der Waals surface area contributed by atoms with Gasteiger partial charge in [-0.3, -0.25) is 4.98 Å². The molecule has 5 nitrogen and oxygen atoms in total. The minimum Gasteiger partial charge on any atom is -0.458 e. The van der Waals surface area contributed by atoms with Crippen molar-refractivity contribution in [1.29, 1.82) is 0 Å². The molecule has 0 saturated heterocycles. The second kappa shape index (κ2) is 9.53. The summed E-state index contributed by atoms with van der Waals surface area (Å²) in [6.07, 6.45) is 6.21. The van der Waals surface area contributed by atoms with E-state index in [0.29, 0.717) is 0 Å². The van der Waals surface area contributed by atoms with Gasteiger partial charge in [0.05, 0.1) is 12.4 Å². The third-order valence-corrected chi connectivity index (χ3v) is 8.82. The number of pyridine rings is 1. The Labute approximate surface area is 253 Å². The fourth-order valence-corrected chi connectivity index (χ4v) is 6.62. The number of rotatable bonds is 3. The average Bonchev–Trinajstić information content (AvgIpc) is 3.46. The molecule has 3 aliphatic heterocycles. The molecule has 43 heavy (non-hydrogen) atoms. The monoisotopic (exact) mass is 560 g/mol. The van der Waals surface area contributed by atoms with Crippen LogP contribution in [0.3, 0.4) is 0 Å². The second-order valence-electron chi connectivity index (χ2n) is 12.7. The average molecular weight is 561 g/mol. The van der Waals surface area contributed by atoms with E-state index in [2.05, 4.69) is 152 Å². The maximum Gasteiger partial charge on any atom is 0.256 e. The Morgan fingerprint density at radius 1 is 0.744 bits per heavy atom. The van der Waals surface area contributed by atoms with Gasteiger partial charge >= 0.3 is 0 Å². The molecule has 4 aromatic carbocycles. The Hall–Kier alpha value is -4.97. The standard InChI is InChI=1S/C37H33BN4O/c1-37(2,3)26-17-18-39-31(22-26)25-13-16-34-30(21-25)38-29-23-28(41-20-19-40(4)24-41)14-15-32(29)42(27-9-6-5-7-10-27)33-11-8-12-35(43-34)36(33)38/h5-23H,24H2,1-4H3. The first-order chi connectivity index (χ1) is 20.8. The van der Waals surface area contributed by atoms with E-state index in [1.807, 2.05) is 6.20 Å². The van der Waals surface area contributed by atoms with Gasteiger partial charge in [-0.1, -0.05) is 51.1 Å². The predicted octanol–water partition coefficient (Wildman–Crippen LogP) is 6.63. The highest BCUT2D eigenvalue weighted by Gasteiger charge is 2.42. The molecule has 1 aromatic heterocycles. The van der Waals surface area contributed by atoms with Crippen molar-refractivity contribution >= 4 is 45.9 Å². The molecular formula is C37H33BN4O. The number of fused-ring (bicyclic) bond motifs is 4. The van der Waals surface area contributed by atoms with Gasteiger partial charge in [-0.25, -0.2) is 0 Å². The number of aromatic nitrogens is 1. The first kappa shape index (κ1) is 25.7. The van der Waals surface area contributed by atoms with Crippen molar-refractivity contribution in [1.82, 2.24) is 9.88 Å². The van der Waals surface area contributed by atoms with Crippen molar-refractivity contribution in [3.63, 3.8) is 0 Å². The molecule has 0 N–H and O–H groups in total. The normalized spacial score (nSPS) is 14.8. The van der Waals surface area contributed by atoms with Crippen LogP contribution in [-0.4, -0.2) is 30.3 Å². The molecule has 0 saturated carbocycles. The lowest BCUT2D eigenvalue weighted by molar-refractivity contribution is 0.487. The van der Waals surface area contributed by atoms with E-state index in [0.717, 1.165) is 40.8 Å². The maximum absolute atomic E-state index is 6.66. The Balaban J connectivity index is 1.35. The summed E-state index contributed by atoms with van der Waals surface area (Å²) in [5.74, 6) is 1.81. The van der Waals surface area contributed by atoms with Crippen LogP contribution in [0.25, 0.3) is 11.3 Å². The number of nitrogens with zero attached hydrogens (tertiary/aromatic N) is 4. The molecule has 5 aromatic rings. The number of benzene rings is 4. The molecule has 210 valence electrons. The predicted molar refractivity (Wildman–Crippen MR) is 178 cm³/mol. The van der Waals surface area contributed by atoms with E-state index in [4.69, 9.17) is 9.72 Å². The summed E-state index contributed by atoms with van der Waals surface area (Å²) in [4.78, 5) is 11.7. The molecule has 0 unspecified atom stereocenters. The van der Waals surface area contributed by atoms with Crippen LogP contribution in [-0.2, 0) is 5.41 Å². The van der Waals surface area contributed by atoms with Gasteiger partial charge in [0.15, 0.2) is 0 Å². The minimum atomic E-state index is 0.0138. The van der Waals surface area contributed by atoms with E-state index >= 15 is 0 Å². The molecule has 3 aliphatic rings. The number of hydrogen-bond donors (Lipinski definition) is 0. The summed E-state index contributed by atoms with van der Waals surface area (Å²) in [5.41, 5.74) is 11.7. The molecule has 8 rings (SSSR count). The van der Waals surface area contributed by atoms with Crippen molar-refractivity contribution in [2.45, 2.75) is 26.2 Å². The molecular weight excluding hydrogens is 527 g/mol. The summed E-state index contributed by atoms with van der Waals surface area (Å²) < 4.78 is 6.66. The Morgan fingerprint density at radius 3 is 2.40 bits per heavy atom. The van der Waals surface area contributed by atoms with Crippen molar-refractivity contribution in [3.8, 4) is 22.8 Å². The zero-order valence-electron chi connectivity index (χ0n) is 25.0. The van der Waals surface area contributed by atoms with Crippen LogP contribution in [0.2, 0.25) is 0 Å². The summed E-state index contributed by atoms with van der Waals surface area (Å²) in [5, 5.41) is 0. The van der Waals surface area contributed by atoms with Crippen LogP contribution in [0.5, 0.6) is 11.5 Å². The zero-order chi connectivity index (χ0) is 29.3. The Bertz CT molecular complexity index is 1910. The SMILES string of the molecule is CN1C=CN(c2ccc3c(c2)B2c4cc(-c5cc(C(C)(C)C)ccn5)ccc4Oc4cccc(c42)N3c2ccccc2)C1. The van der Waals surface area contributed by atoms with Crippen LogP contribution in [0.15, 0.2) is 116 Å². The van der Waals surface area contributed by atoms with Crippen LogP contribution < -0.4 is 30.9 Å². The molecule has 0 amide bonds. The van der Waals surface area contributed by atoms with E-state index in [-0.39, 0.29) is 12.1 Å². The molecule has 4 heterocycles. The molecule has 0 fully saturated rings. The summed E-state index contributed by atoms with van der Waals surface area (Å²) in [6, 6.07) is 34.9. The maximum atomic E-state index is 6.66. The van der Waals surface area contributed by atoms with E-state index in [1.54, 1.807) is 0 Å². The van der Waals surface area contributed by atoms with Crippen molar-refractivity contribution < 1.29 is 4.74 Å². The Kier molecular flexibility index (Phi) is 5.70. The first-order valence-electron chi connectivity index (χ1n) is 14.9. The fourth-order valence-electron chi connectivity index (χ4n) is 6.62. The summed E-state index contributed by atoms with van der Waals surface area (Å²) in [7, 11) is 2.10. The van der Waals surface area contributed by atoms with Crippen LogP contribution in [0, 0.1) is 0 Å². The van der Waals surface area contributed by atoms with Gasteiger partial charge in [0, 0.05) is 48.4 Å². The first-order valence-corrected chi connectivity index (χ1v) is 14.9. The van der Waals surface area contributed by atoms with Crippen LogP contribution in [0.1, 0.15) is 26.3 Å². The molecule has 0 spiro atoms. The quantitative estimate of drug-likeness (QED) is 0.227. The van der Waals surface area contributed by atoms with Gasteiger partial charge < -0.3 is 19.4 Å². The van der Waals surface area contributed by atoms with Gasteiger partial charge in [-0.15, -0.1) is 0 Å². The van der Waals surface area contributed by atoms with Gasteiger partial charge in [0.25, 0.3) is 6.71 Å². The van der Waals surface area contributed by atoms with Gasteiger partial charge in [-0.2, -0.15) is 0 Å². The van der Waals surface area contributed by atoms with E-state index < -0.39 is 0 Å². The highest BCUT2D eigenvalue weighted by molar-refractivity contribution is 6.99. The van der Waals surface area contributed by atoms with E-state index in [9.17, 15) is 0 Å². The summed E-state index contributed by atoms with van der Waals surface area (Å²) >= 11 is 0. The second-order valence-corrected chi connectivity index (χ2v) is 12.7. The third-order valence-electron chi connectivity index (χ3n) is 8.82. The summed E-state index contributed by atoms with van der Waals surface area (Å²) in [6.45, 7) is 7.57. The van der Waals surface area contributed by atoms with Gasteiger partial charge in [-0.05, 0) is 99.7 Å². The van der Waals surface area contributed by atoms with Gasteiger partial charge in [0.2, 0.25) is 0 Å². The molecule has 6 heteroatoms. The number of ether oxygens (including phenoxy) is 1. The Morgan fingerprint density at radius 2 is 1.60 bits per heavy atom. The molecule has 0 radical (unpaired) electrons. The van der Waals surface area contributed by atoms with Crippen molar-refractivity contribution in [2.24, 2.45) is 0 Å². The number of anilines is 4. The number of hydrogen-bond acceptors (Lipinski definition) is 5. The lowest BCUT2D eigenvalue weighted by atomic mass is 9.34. The highest BCUT2D eigenvalue weighted by atomic mass is 16.5. The third kappa shape index (κ3) is 4.20. The van der Waals surface area contributed by atoms with Crippen LogP contribution >= 0.6 is 0 Å². The molecule has 0 atom stereocenters. The fraction of sp³-hybridized carbons (Fsp3) is 0.162. The number of para-hydroxylation sites is 1. The topological polar surface area (TPSA) is 31.8 Å². The minimum absolute atomic E-state index is 0.0138. The highest BCUT2D eigenvalue weighted by Crippen LogP contribution is 2.41. The van der Waals surface area contributed by atoms with Crippen molar-refractivity contribution in [3.05, 3.63) is 121 Å². The van der Waals surface area contributed by atoms with E-state index in [1.165, 1.54) is 33.3 Å². The molecule has 0 aliphatic carbocycles. The van der Waals surface area contributed by atoms with Crippen molar-refractivity contribution in [2.75, 3.05) is 23.5 Å². The smallest absolute Gasteiger partial charge is 0.256 e.